The summed E-state index contributed by atoms with van der Waals surface area (Å²) in [6.45, 7) is 10.1. The number of halogens is 3. The average Bonchev–Trinajstić information content (AvgIpc) is 2.28. The van der Waals surface area contributed by atoms with Gasteiger partial charge in [-0.3, -0.25) is 0 Å². The van der Waals surface area contributed by atoms with Gasteiger partial charge in [-0.25, -0.2) is 0 Å². The highest BCUT2D eigenvalue weighted by atomic mass is 79.9. The SMILES string of the molecule is CC(CNC(C)(C)C)COc1cc(Cl)c(Br)cc1Cl. The van der Waals surface area contributed by atoms with Crippen molar-refractivity contribution in [2.75, 3.05) is 13.2 Å². The zero-order valence-electron chi connectivity index (χ0n) is 11.7. The van der Waals surface area contributed by atoms with E-state index >= 15 is 0 Å². The second-order valence-corrected chi connectivity index (χ2v) is 7.41. The van der Waals surface area contributed by atoms with Crippen LogP contribution in [0.4, 0.5) is 0 Å². The zero-order valence-corrected chi connectivity index (χ0v) is 14.8. The van der Waals surface area contributed by atoms with Crippen molar-refractivity contribution in [3.8, 4) is 5.75 Å². The summed E-state index contributed by atoms with van der Waals surface area (Å²) in [4.78, 5) is 0. The molecule has 0 bridgehead atoms. The Hall–Kier alpha value is 0.0400. The minimum absolute atomic E-state index is 0.118. The maximum atomic E-state index is 6.11. The van der Waals surface area contributed by atoms with E-state index in [0.29, 0.717) is 28.3 Å². The fourth-order valence-corrected chi connectivity index (χ4v) is 2.23. The third kappa shape index (κ3) is 6.35. The van der Waals surface area contributed by atoms with Crippen molar-refractivity contribution < 1.29 is 4.74 Å². The van der Waals surface area contributed by atoms with Crippen LogP contribution in [0.1, 0.15) is 27.7 Å². The van der Waals surface area contributed by atoms with Gasteiger partial charge in [-0.05, 0) is 42.8 Å². The van der Waals surface area contributed by atoms with Crippen molar-refractivity contribution in [1.82, 2.24) is 5.32 Å². The number of hydrogen-bond acceptors (Lipinski definition) is 2. The van der Waals surface area contributed by atoms with E-state index in [9.17, 15) is 0 Å². The number of benzene rings is 1. The van der Waals surface area contributed by atoms with Crippen LogP contribution in [-0.4, -0.2) is 18.7 Å². The molecule has 0 fully saturated rings. The lowest BCUT2D eigenvalue weighted by Gasteiger charge is -2.23. The molecule has 1 aromatic rings. The van der Waals surface area contributed by atoms with Crippen molar-refractivity contribution in [2.24, 2.45) is 5.92 Å². The van der Waals surface area contributed by atoms with Crippen LogP contribution < -0.4 is 10.1 Å². The van der Waals surface area contributed by atoms with Gasteiger partial charge in [0.1, 0.15) is 5.75 Å². The number of hydrogen-bond donors (Lipinski definition) is 1. The number of ether oxygens (including phenoxy) is 1. The molecule has 108 valence electrons. The summed E-state index contributed by atoms with van der Waals surface area (Å²) in [5, 5.41) is 4.61. The molecule has 19 heavy (non-hydrogen) atoms. The van der Waals surface area contributed by atoms with Crippen LogP contribution in [0.25, 0.3) is 0 Å². The lowest BCUT2D eigenvalue weighted by Crippen LogP contribution is -2.39. The summed E-state index contributed by atoms with van der Waals surface area (Å²) in [7, 11) is 0. The highest BCUT2D eigenvalue weighted by molar-refractivity contribution is 9.10. The number of nitrogens with one attached hydrogen (secondary N) is 1. The van der Waals surface area contributed by atoms with Gasteiger partial charge in [-0.1, -0.05) is 30.1 Å². The molecule has 0 spiro atoms. The van der Waals surface area contributed by atoms with E-state index < -0.39 is 0 Å². The molecule has 1 atom stereocenters. The summed E-state index contributed by atoms with van der Waals surface area (Å²) in [5.41, 5.74) is 0.118. The molecule has 2 nitrogen and oxygen atoms in total. The molecule has 0 aliphatic rings. The Morgan fingerprint density at radius 3 is 2.47 bits per heavy atom. The Morgan fingerprint density at radius 1 is 1.26 bits per heavy atom. The molecule has 0 aromatic heterocycles. The van der Waals surface area contributed by atoms with Crippen LogP contribution in [-0.2, 0) is 0 Å². The first kappa shape index (κ1) is 17.1. The quantitative estimate of drug-likeness (QED) is 0.724. The average molecular weight is 369 g/mol. The third-order valence-corrected chi connectivity index (χ3v) is 3.97. The lowest BCUT2D eigenvalue weighted by atomic mass is 10.1. The van der Waals surface area contributed by atoms with Gasteiger partial charge in [-0.2, -0.15) is 0 Å². The largest absolute Gasteiger partial charge is 0.492 e. The molecule has 0 saturated carbocycles. The van der Waals surface area contributed by atoms with Gasteiger partial charge < -0.3 is 10.1 Å². The summed E-state index contributed by atoms with van der Waals surface area (Å²) >= 11 is 15.5. The smallest absolute Gasteiger partial charge is 0.139 e. The standard InChI is InChI=1S/C14H20BrCl2NO/c1-9(7-18-14(2,3)4)8-19-13-6-11(16)10(15)5-12(13)17/h5-6,9,18H,7-8H2,1-4H3. The summed E-state index contributed by atoms with van der Waals surface area (Å²) in [6.07, 6.45) is 0. The van der Waals surface area contributed by atoms with Gasteiger partial charge in [0.15, 0.2) is 0 Å². The maximum Gasteiger partial charge on any atom is 0.139 e. The fraction of sp³-hybridized carbons (Fsp3) is 0.571. The van der Waals surface area contributed by atoms with E-state index in [4.69, 9.17) is 27.9 Å². The first-order chi connectivity index (χ1) is 8.69. The molecule has 1 N–H and O–H groups in total. The van der Waals surface area contributed by atoms with Gasteiger partial charge in [0.25, 0.3) is 0 Å². The number of rotatable bonds is 5. The molecular weight excluding hydrogens is 349 g/mol. The second kappa shape index (κ2) is 7.16. The summed E-state index contributed by atoms with van der Waals surface area (Å²) < 4.78 is 6.49. The second-order valence-electron chi connectivity index (χ2n) is 5.74. The van der Waals surface area contributed by atoms with E-state index in [1.165, 1.54) is 0 Å². The minimum atomic E-state index is 0.118. The van der Waals surface area contributed by atoms with Crippen LogP contribution in [0.5, 0.6) is 5.75 Å². The van der Waals surface area contributed by atoms with E-state index in [1.807, 2.05) is 0 Å². The molecule has 0 heterocycles. The van der Waals surface area contributed by atoms with Gasteiger partial charge in [-0.15, -0.1) is 0 Å². The Morgan fingerprint density at radius 2 is 1.89 bits per heavy atom. The predicted octanol–water partition coefficient (Wildman–Crippen LogP) is 5.16. The van der Waals surface area contributed by atoms with Crippen molar-refractivity contribution in [2.45, 2.75) is 33.2 Å². The predicted molar refractivity (Wildman–Crippen MR) is 86.6 cm³/mol. The fourth-order valence-electron chi connectivity index (χ4n) is 1.39. The summed E-state index contributed by atoms with van der Waals surface area (Å²) in [5.74, 6) is 1.01. The minimum Gasteiger partial charge on any atom is -0.492 e. The molecule has 0 aliphatic heterocycles. The van der Waals surface area contributed by atoms with Crippen molar-refractivity contribution in [3.05, 3.63) is 26.7 Å². The molecule has 5 heteroatoms. The van der Waals surface area contributed by atoms with Gasteiger partial charge in [0, 0.05) is 28.5 Å². The Bertz CT molecular complexity index is 432. The van der Waals surface area contributed by atoms with Gasteiger partial charge in [0.2, 0.25) is 0 Å². The molecule has 0 radical (unpaired) electrons. The first-order valence-electron chi connectivity index (χ1n) is 6.21. The van der Waals surface area contributed by atoms with Crippen molar-refractivity contribution in [1.29, 1.82) is 0 Å². The van der Waals surface area contributed by atoms with E-state index in [1.54, 1.807) is 12.1 Å². The summed E-state index contributed by atoms with van der Waals surface area (Å²) in [6, 6.07) is 3.48. The molecule has 0 saturated heterocycles. The van der Waals surface area contributed by atoms with Gasteiger partial charge >= 0.3 is 0 Å². The molecule has 0 amide bonds. The Labute approximate surface area is 133 Å². The van der Waals surface area contributed by atoms with Crippen molar-refractivity contribution in [3.63, 3.8) is 0 Å². The third-order valence-electron chi connectivity index (χ3n) is 2.48. The van der Waals surface area contributed by atoms with Crippen LogP contribution in [0.15, 0.2) is 16.6 Å². The van der Waals surface area contributed by atoms with E-state index in [2.05, 4.69) is 48.9 Å². The molecule has 0 aliphatic carbocycles. The van der Waals surface area contributed by atoms with Crippen LogP contribution in [0.2, 0.25) is 10.0 Å². The zero-order chi connectivity index (χ0) is 14.6. The Balaban J connectivity index is 2.51. The molecule has 1 aromatic carbocycles. The Kier molecular flexibility index (Phi) is 6.44. The van der Waals surface area contributed by atoms with E-state index in [-0.39, 0.29) is 5.54 Å². The van der Waals surface area contributed by atoms with Crippen LogP contribution in [0.3, 0.4) is 0 Å². The van der Waals surface area contributed by atoms with Gasteiger partial charge in [0.05, 0.1) is 16.7 Å². The highest BCUT2D eigenvalue weighted by Gasteiger charge is 2.13. The molecular formula is C14H20BrCl2NO. The van der Waals surface area contributed by atoms with Crippen LogP contribution in [0, 0.1) is 5.92 Å². The topological polar surface area (TPSA) is 21.3 Å². The molecule has 1 rings (SSSR count). The first-order valence-corrected chi connectivity index (χ1v) is 7.76. The normalized spacial score (nSPS) is 13.4. The maximum absolute atomic E-state index is 6.11. The lowest BCUT2D eigenvalue weighted by molar-refractivity contribution is 0.244. The van der Waals surface area contributed by atoms with Crippen LogP contribution >= 0.6 is 39.1 Å². The monoisotopic (exact) mass is 367 g/mol. The highest BCUT2D eigenvalue weighted by Crippen LogP contribution is 2.34. The van der Waals surface area contributed by atoms with E-state index in [0.717, 1.165) is 11.0 Å². The molecule has 1 unspecified atom stereocenters. The van der Waals surface area contributed by atoms with Crippen molar-refractivity contribution >= 4 is 39.1 Å².